The van der Waals surface area contributed by atoms with E-state index >= 15 is 0 Å². The maximum atomic E-state index is 10.3. The first kappa shape index (κ1) is 12.2. The number of hydrogen-bond donors (Lipinski definition) is 2. The van der Waals surface area contributed by atoms with Crippen molar-refractivity contribution in [2.45, 2.75) is 0 Å². The van der Waals surface area contributed by atoms with E-state index < -0.39 is 0 Å². The zero-order valence-corrected chi connectivity index (χ0v) is 11.4. The molecule has 0 saturated carbocycles. The first-order chi connectivity index (χ1) is 9.16. The summed E-state index contributed by atoms with van der Waals surface area (Å²) in [5, 5.41) is 19.8. The molecule has 0 aliphatic rings. The summed E-state index contributed by atoms with van der Waals surface area (Å²) >= 11 is 7.34. The number of nitrogens with one attached hydrogen (secondary N) is 1. The van der Waals surface area contributed by atoms with Gasteiger partial charge >= 0.3 is 0 Å². The monoisotopic (exact) mass is 287 g/mol. The minimum atomic E-state index is 0.136. The third kappa shape index (κ3) is 2.11. The molecule has 3 rings (SSSR count). The van der Waals surface area contributed by atoms with Gasteiger partial charge in [-0.3, -0.25) is 5.41 Å². The van der Waals surface area contributed by atoms with Crippen LogP contribution in [-0.4, -0.2) is 10.8 Å². The fourth-order valence-electron chi connectivity index (χ4n) is 1.96. The smallest absolute Gasteiger partial charge is 0.143 e. The van der Waals surface area contributed by atoms with Crippen molar-refractivity contribution in [1.82, 2.24) is 0 Å². The predicted octanol–water partition coefficient (Wildman–Crippen LogP) is 4.68. The van der Waals surface area contributed by atoms with Crippen molar-refractivity contribution in [2.75, 3.05) is 0 Å². The molecular formula is C15H10ClNOS. The van der Waals surface area contributed by atoms with Crippen molar-refractivity contribution in [3.05, 3.63) is 64.0 Å². The summed E-state index contributed by atoms with van der Waals surface area (Å²) in [6.45, 7) is 0. The van der Waals surface area contributed by atoms with Crippen molar-refractivity contribution in [3.63, 3.8) is 0 Å². The summed E-state index contributed by atoms with van der Waals surface area (Å²) < 4.78 is 0.928. The van der Waals surface area contributed by atoms with Crippen molar-refractivity contribution < 1.29 is 5.11 Å². The minimum Gasteiger partial charge on any atom is -0.506 e. The molecule has 3 aromatic rings. The van der Waals surface area contributed by atoms with E-state index in [4.69, 9.17) is 17.0 Å². The van der Waals surface area contributed by atoms with Crippen molar-refractivity contribution in [2.24, 2.45) is 0 Å². The van der Waals surface area contributed by atoms with E-state index in [-0.39, 0.29) is 5.75 Å². The van der Waals surface area contributed by atoms with E-state index in [1.54, 1.807) is 12.1 Å². The van der Waals surface area contributed by atoms with Crippen molar-refractivity contribution in [3.8, 4) is 5.75 Å². The third-order valence-electron chi connectivity index (χ3n) is 2.91. The number of hydrogen-bond acceptors (Lipinski definition) is 3. The van der Waals surface area contributed by atoms with Gasteiger partial charge in [-0.25, -0.2) is 0 Å². The van der Waals surface area contributed by atoms with Crippen LogP contribution >= 0.6 is 22.9 Å². The second-order valence-corrected chi connectivity index (χ2v) is 5.65. The molecule has 0 unspecified atom stereocenters. The van der Waals surface area contributed by atoms with Gasteiger partial charge in [-0.05, 0) is 18.2 Å². The number of halogens is 1. The summed E-state index contributed by atoms with van der Waals surface area (Å²) in [7, 11) is 0. The van der Waals surface area contributed by atoms with Gasteiger partial charge in [0, 0.05) is 20.7 Å². The molecule has 0 aliphatic carbocycles. The Morgan fingerprint density at radius 2 is 1.84 bits per heavy atom. The molecule has 1 aromatic heterocycles. The van der Waals surface area contributed by atoms with Crippen LogP contribution in [0.2, 0.25) is 5.02 Å². The van der Waals surface area contributed by atoms with Crippen LogP contribution in [0.5, 0.6) is 5.75 Å². The Morgan fingerprint density at radius 1 is 1.11 bits per heavy atom. The first-order valence-electron chi connectivity index (χ1n) is 5.72. The van der Waals surface area contributed by atoms with E-state index in [1.807, 2.05) is 36.4 Å². The van der Waals surface area contributed by atoms with E-state index in [2.05, 4.69) is 0 Å². The molecule has 2 N–H and O–H groups in total. The lowest BCUT2D eigenvalue weighted by molar-refractivity contribution is 0.482. The molecule has 1 heterocycles. The summed E-state index contributed by atoms with van der Waals surface area (Å²) in [6.07, 6.45) is 0. The van der Waals surface area contributed by atoms with Crippen LogP contribution in [0, 0.1) is 5.41 Å². The number of thiophene rings is 1. The van der Waals surface area contributed by atoms with Crippen molar-refractivity contribution in [1.29, 1.82) is 5.41 Å². The Bertz CT molecular complexity index is 764. The third-order valence-corrected chi connectivity index (χ3v) is 4.33. The molecule has 0 radical (unpaired) electrons. The molecule has 94 valence electrons. The second kappa shape index (κ2) is 4.68. The lowest BCUT2D eigenvalue weighted by Crippen LogP contribution is -1.97. The molecule has 4 heteroatoms. The van der Waals surface area contributed by atoms with E-state index in [9.17, 15) is 5.11 Å². The molecule has 0 spiro atoms. The molecular weight excluding hydrogens is 278 g/mol. The maximum absolute atomic E-state index is 10.3. The zero-order chi connectivity index (χ0) is 13.4. The average molecular weight is 288 g/mol. The maximum Gasteiger partial charge on any atom is 0.143 e. The summed E-state index contributed by atoms with van der Waals surface area (Å²) in [6, 6.07) is 14.8. The van der Waals surface area contributed by atoms with Gasteiger partial charge in [0.25, 0.3) is 0 Å². The van der Waals surface area contributed by atoms with Gasteiger partial charge in [-0.1, -0.05) is 41.9 Å². The summed E-state index contributed by atoms with van der Waals surface area (Å²) in [4.78, 5) is 0.573. The van der Waals surface area contributed by atoms with Crippen LogP contribution in [0.25, 0.3) is 10.1 Å². The van der Waals surface area contributed by atoms with Gasteiger partial charge in [-0.15, -0.1) is 11.3 Å². The molecule has 2 aromatic carbocycles. The Kier molecular flexibility index (Phi) is 3.01. The fraction of sp³-hybridized carbons (Fsp3) is 0. The minimum absolute atomic E-state index is 0.136. The Morgan fingerprint density at radius 3 is 2.58 bits per heavy atom. The van der Waals surface area contributed by atoms with E-state index in [1.165, 1.54) is 11.3 Å². The van der Waals surface area contributed by atoms with Crippen LogP contribution in [0.3, 0.4) is 0 Å². The van der Waals surface area contributed by atoms with Gasteiger partial charge in [0.2, 0.25) is 0 Å². The van der Waals surface area contributed by atoms with E-state index in [0.717, 1.165) is 10.3 Å². The molecule has 0 aliphatic heterocycles. The lowest BCUT2D eigenvalue weighted by atomic mass is 10.1. The highest BCUT2D eigenvalue weighted by atomic mass is 35.5. The van der Waals surface area contributed by atoms with Gasteiger partial charge in [-0.2, -0.15) is 0 Å². The Hall–Kier alpha value is -1.84. The molecule has 0 atom stereocenters. The zero-order valence-electron chi connectivity index (χ0n) is 9.85. The number of rotatable bonds is 2. The lowest BCUT2D eigenvalue weighted by Gasteiger charge is -2.01. The molecule has 0 fully saturated rings. The molecule has 0 bridgehead atoms. The highest BCUT2D eigenvalue weighted by Gasteiger charge is 2.16. The number of fused-ring (bicyclic) bond motifs is 1. The first-order valence-corrected chi connectivity index (χ1v) is 6.91. The quantitative estimate of drug-likeness (QED) is 0.661. The van der Waals surface area contributed by atoms with Crippen LogP contribution in [0.4, 0.5) is 0 Å². The highest BCUT2D eigenvalue weighted by Crippen LogP contribution is 2.39. The summed E-state index contributed by atoms with van der Waals surface area (Å²) in [5.41, 5.74) is 1.12. The Balaban J connectivity index is 2.16. The predicted molar refractivity (Wildman–Crippen MR) is 80.9 cm³/mol. The summed E-state index contributed by atoms with van der Waals surface area (Å²) in [5.74, 6) is 0.136. The molecule has 2 nitrogen and oxygen atoms in total. The standard InChI is InChI=1S/C15H10ClNOS/c16-10-6-7-12-11(8-10)14(18)15(19-12)13(17)9-4-2-1-3-5-9/h1-8,17-18H. The molecule has 19 heavy (non-hydrogen) atoms. The van der Waals surface area contributed by atoms with Crippen LogP contribution in [0.15, 0.2) is 48.5 Å². The fourth-order valence-corrected chi connectivity index (χ4v) is 3.18. The van der Waals surface area contributed by atoms with E-state index in [0.29, 0.717) is 21.0 Å². The van der Waals surface area contributed by atoms with Crippen molar-refractivity contribution >= 4 is 38.7 Å². The van der Waals surface area contributed by atoms with Crippen LogP contribution in [-0.2, 0) is 0 Å². The highest BCUT2D eigenvalue weighted by molar-refractivity contribution is 7.21. The topological polar surface area (TPSA) is 44.1 Å². The molecule has 0 saturated heterocycles. The second-order valence-electron chi connectivity index (χ2n) is 4.16. The average Bonchev–Trinajstić information content (AvgIpc) is 2.76. The Labute approximate surface area is 119 Å². The van der Waals surface area contributed by atoms with Gasteiger partial charge in [0.1, 0.15) is 5.75 Å². The number of benzene rings is 2. The van der Waals surface area contributed by atoms with Gasteiger partial charge < -0.3 is 5.11 Å². The van der Waals surface area contributed by atoms with Crippen LogP contribution < -0.4 is 0 Å². The largest absolute Gasteiger partial charge is 0.506 e. The van der Waals surface area contributed by atoms with Gasteiger partial charge in [0.05, 0.1) is 10.6 Å². The normalized spacial score (nSPS) is 10.8. The number of aromatic hydroxyl groups is 1. The SMILES string of the molecule is N=C(c1ccccc1)c1sc2ccc(Cl)cc2c1O. The molecule has 0 amide bonds. The van der Waals surface area contributed by atoms with Gasteiger partial charge in [0.15, 0.2) is 0 Å². The van der Waals surface area contributed by atoms with Crippen LogP contribution in [0.1, 0.15) is 10.4 Å².